The lowest BCUT2D eigenvalue weighted by Gasteiger charge is -2.35. The smallest absolute Gasteiger partial charge is 0.251 e. The molecular weight excluding hydrogens is 412 g/mol. The van der Waals surface area contributed by atoms with E-state index in [1.165, 1.54) is 16.2 Å². The van der Waals surface area contributed by atoms with Crippen molar-refractivity contribution in [2.24, 2.45) is 5.73 Å². The monoisotopic (exact) mass is 440 g/mol. The van der Waals surface area contributed by atoms with Crippen molar-refractivity contribution in [2.45, 2.75) is 32.6 Å². The molecule has 3 N–H and O–H groups in total. The number of nitrogens with zero attached hydrogens (tertiary/aromatic N) is 2. The Labute approximate surface area is 186 Å². The van der Waals surface area contributed by atoms with Crippen molar-refractivity contribution in [2.75, 3.05) is 42.9 Å². The number of fused-ring (bicyclic) bond motifs is 1. The minimum Gasteiger partial charge on any atom is -0.369 e. The second-order valence-electron chi connectivity index (χ2n) is 8.19. The number of aryl methyl sites for hydroxylation is 1. The number of carbonyl (C=O) groups is 3. The van der Waals surface area contributed by atoms with Gasteiger partial charge in [0, 0.05) is 42.3 Å². The predicted molar refractivity (Wildman–Crippen MR) is 123 cm³/mol. The molecule has 0 saturated carbocycles. The SMILES string of the molecule is CC(=O)c1ccc(N2CCN(CC(=O)Nc3sc4c(c3C(N)=O)CCCC4)CC2)cc1. The van der Waals surface area contributed by atoms with Gasteiger partial charge in [0.1, 0.15) is 5.00 Å². The quantitative estimate of drug-likeness (QED) is 0.674. The second-order valence-corrected chi connectivity index (χ2v) is 9.30. The highest BCUT2D eigenvalue weighted by atomic mass is 32.1. The van der Waals surface area contributed by atoms with E-state index >= 15 is 0 Å². The Hall–Kier alpha value is -2.71. The number of carbonyl (C=O) groups excluding carboxylic acids is 3. The Bertz CT molecular complexity index is 991. The number of thiophene rings is 1. The van der Waals surface area contributed by atoms with E-state index in [2.05, 4.69) is 15.1 Å². The average molecular weight is 441 g/mol. The van der Waals surface area contributed by atoms with Crippen molar-refractivity contribution in [3.63, 3.8) is 0 Å². The fourth-order valence-corrected chi connectivity index (χ4v) is 5.67. The van der Waals surface area contributed by atoms with Gasteiger partial charge in [-0.1, -0.05) is 0 Å². The number of Topliss-reactive ketones (excluding diaryl/α,β-unsaturated/α-hetero) is 1. The molecule has 2 amide bonds. The number of ketones is 1. The van der Waals surface area contributed by atoms with Crippen LogP contribution in [0.5, 0.6) is 0 Å². The number of piperazine rings is 1. The predicted octanol–water partition coefficient (Wildman–Crippen LogP) is 2.69. The summed E-state index contributed by atoms with van der Waals surface area (Å²) in [6.07, 6.45) is 3.97. The first-order chi connectivity index (χ1) is 14.9. The summed E-state index contributed by atoms with van der Waals surface area (Å²) in [5.41, 5.74) is 8.96. The van der Waals surface area contributed by atoms with Gasteiger partial charge >= 0.3 is 0 Å². The highest BCUT2D eigenvalue weighted by molar-refractivity contribution is 7.17. The molecule has 0 bridgehead atoms. The number of anilines is 2. The van der Waals surface area contributed by atoms with Crippen LogP contribution in [0.25, 0.3) is 0 Å². The molecule has 2 aromatic rings. The van der Waals surface area contributed by atoms with Gasteiger partial charge < -0.3 is 16.0 Å². The van der Waals surface area contributed by atoms with Crippen LogP contribution >= 0.6 is 11.3 Å². The first-order valence-corrected chi connectivity index (χ1v) is 11.6. The zero-order chi connectivity index (χ0) is 22.0. The first kappa shape index (κ1) is 21.5. The van der Waals surface area contributed by atoms with Gasteiger partial charge in [0.25, 0.3) is 5.91 Å². The minimum absolute atomic E-state index is 0.0634. The summed E-state index contributed by atoms with van der Waals surface area (Å²) < 4.78 is 0. The molecule has 0 spiro atoms. The van der Waals surface area contributed by atoms with Gasteiger partial charge in [-0.25, -0.2) is 0 Å². The summed E-state index contributed by atoms with van der Waals surface area (Å²) in [6, 6.07) is 7.66. The molecular formula is C23H28N4O3S. The highest BCUT2D eigenvalue weighted by Crippen LogP contribution is 2.37. The van der Waals surface area contributed by atoms with Gasteiger partial charge in [0.15, 0.2) is 5.78 Å². The van der Waals surface area contributed by atoms with E-state index in [1.807, 2.05) is 24.3 Å². The maximum atomic E-state index is 12.7. The molecule has 1 aliphatic carbocycles. The molecule has 31 heavy (non-hydrogen) atoms. The minimum atomic E-state index is -0.459. The number of rotatable bonds is 6. The molecule has 1 saturated heterocycles. The summed E-state index contributed by atoms with van der Waals surface area (Å²) in [5, 5.41) is 3.55. The van der Waals surface area contributed by atoms with Crippen molar-refractivity contribution >= 4 is 39.6 Å². The molecule has 164 valence electrons. The molecule has 0 radical (unpaired) electrons. The lowest BCUT2D eigenvalue weighted by molar-refractivity contribution is -0.117. The number of primary amides is 1. The van der Waals surface area contributed by atoms with Gasteiger partial charge in [-0.3, -0.25) is 19.3 Å². The van der Waals surface area contributed by atoms with E-state index in [4.69, 9.17) is 5.73 Å². The third kappa shape index (κ3) is 4.80. The summed E-state index contributed by atoms with van der Waals surface area (Å²) in [5.74, 6) is -0.507. The summed E-state index contributed by atoms with van der Waals surface area (Å²) in [4.78, 5) is 41.7. The first-order valence-electron chi connectivity index (χ1n) is 10.7. The van der Waals surface area contributed by atoms with Gasteiger partial charge in [-0.15, -0.1) is 11.3 Å². The summed E-state index contributed by atoms with van der Waals surface area (Å²) >= 11 is 1.50. The normalized spacial score (nSPS) is 16.6. The number of amides is 2. The van der Waals surface area contributed by atoms with Gasteiger partial charge in [-0.2, -0.15) is 0 Å². The third-order valence-corrected chi connectivity index (χ3v) is 7.26. The fraction of sp³-hybridized carbons (Fsp3) is 0.435. The van der Waals surface area contributed by atoms with E-state index < -0.39 is 5.91 Å². The van der Waals surface area contributed by atoms with Gasteiger partial charge in [-0.05, 0) is 62.4 Å². The summed E-state index contributed by atoms with van der Waals surface area (Å²) in [6.45, 7) is 5.02. The molecule has 2 aliphatic rings. The fourth-order valence-electron chi connectivity index (χ4n) is 4.35. The van der Waals surface area contributed by atoms with E-state index in [0.29, 0.717) is 16.1 Å². The lowest BCUT2D eigenvalue weighted by atomic mass is 9.95. The van der Waals surface area contributed by atoms with Crippen molar-refractivity contribution in [1.82, 2.24) is 4.90 Å². The van der Waals surface area contributed by atoms with E-state index in [0.717, 1.165) is 63.1 Å². The van der Waals surface area contributed by atoms with Crippen molar-refractivity contribution in [3.8, 4) is 0 Å². The van der Waals surface area contributed by atoms with Crippen molar-refractivity contribution in [3.05, 3.63) is 45.8 Å². The highest BCUT2D eigenvalue weighted by Gasteiger charge is 2.26. The summed E-state index contributed by atoms with van der Waals surface area (Å²) in [7, 11) is 0. The standard InChI is InChI=1S/C23H28N4O3S/c1-15(28)16-6-8-17(9-7-16)27-12-10-26(11-13-27)14-20(29)25-23-21(22(24)30)18-4-2-3-5-19(18)31-23/h6-9H,2-5,10-14H2,1H3,(H2,24,30)(H,25,29). The van der Waals surface area contributed by atoms with E-state index in [9.17, 15) is 14.4 Å². The molecule has 8 heteroatoms. The molecule has 0 atom stereocenters. The van der Waals surface area contributed by atoms with E-state index in [-0.39, 0.29) is 18.2 Å². The van der Waals surface area contributed by atoms with Crippen LogP contribution in [0.1, 0.15) is 50.9 Å². The molecule has 1 aliphatic heterocycles. The van der Waals surface area contributed by atoms with Crippen LogP contribution in [0.15, 0.2) is 24.3 Å². The molecule has 4 rings (SSSR count). The van der Waals surface area contributed by atoms with Crippen LogP contribution in [0.3, 0.4) is 0 Å². The van der Waals surface area contributed by atoms with Gasteiger partial charge in [0.2, 0.25) is 5.91 Å². The van der Waals surface area contributed by atoms with Crippen LogP contribution in [-0.4, -0.2) is 55.2 Å². The topological polar surface area (TPSA) is 95.7 Å². The number of nitrogens with one attached hydrogen (secondary N) is 1. The largest absolute Gasteiger partial charge is 0.369 e. The zero-order valence-corrected chi connectivity index (χ0v) is 18.6. The van der Waals surface area contributed by atoms with Gasteiger partial charge in [0.05, 0.1) is 12.1 Å². The second kappa shape index (κ2) is 9.20. The van der Waals surface area contributed by atoms with Crippen molar-refractivity contribution in [1.29, 1.82) is 0 Å². The third-order valence-electron chi connectivity index (χ3n) is 6.05. The Balaban J connectivity index is 1.33. The Morgan fingerprint density at radius 3 is 2.35 bits per heavy atom. The van der Waals surface area contributed by atoms with Crippen LogP contribution in [0.2, 0.25) is 0 Å². The number of benzene rings is 1. The van der Waals surface area contributed by atoms with Crippen LogP contribution in [-0.2, 0) is 17.6 Å². The van der Waals surface area contributed by atoms with Crippen LogP contribution in [0, 0.1) is 0 Å². The lowest BCUT2D eigenvalue weighted by Crippen LogP contribution is -2.48. The number of hydrogen-bond donors (Lipinski definition) is 2. The molecule has 1 fully saturated rings. The zero-order valence-electron chi connectivity index (χ0n) is 17.8. The Kier molecular flexibility index (Phi) is 6.38. The molecule has 0 unspecified atom stereocenters. The molecule has 1 aromatic heterocycles. The Morgan fingerprint density at radius 2 is 1.71 bits per heavy atom. The maximum Gasteiger partial charge on any atom is 0.251 e. The molecule has 1 aromatic carbocycles. The van der Waals surface area contributed by atoms with E-state index in [1.54, 1.807) is 6.92 Å². The average Bonchev–Trinajstić information content (AvgIpc) is 3.12. The van der Waals surface area contributed by atoms with Crippen LogP contribution in [0.4, 0.5) is 10.7 Å². The number of nitrogens with two attached hydrogens (primary N) is 1. The van der Waals surface area contributed by atoms with Crippen LogP contribution < -0.4 is 16.0 Å². The Morgan fingerprint density at radius 1 is 1.03 bits per heavy atom. The maximum absolute atomic E-state index is 12.7. The molecule has 7 nitrogen and oxygen atoms in total. The van der Waals surface area contributed by atoms with Crippen molar-refractivity contribution < 1.29 is 14.4 Å². The number of hydrogen-bond acceptors (Lipinski definition) is 6. The molecule has 2 heterocycles.